The summed E-state index contributed by atoms with van der Waals surface area (Å²) in [6, 6.07) is 3.17. The SMILES string of the molecule is O=C(Nc1cc2cn(C3CCC(CO)CC3)nc2cc1F)c1cnccn1. The molecular formula is C19H20FN5O2. The van der Waals surface area contributed by atoms with Crippen LogP contribution in [0, 0.1) is 11.7 Å². The number of benzene rings is 1. The molecule has 1 aliphatic rings. The maximum atomic E-state index is 14.4. The minimum absolute atomic E-state index is 0.0849. The van der Waals surface area contributed by atoms with Crippen LogP contribution in [0.3, 0.4) is 0 Å². The number of hydrogen-bond donors (Lipinski definition) is 2. The minimum atomic E-state index is -0.547. The summed E-state index contributed by atoms with van der Waals surface area (Å²) in [5.41, 5.74) is 0.754. The quantitative estimate of drug-likeness (QED) is 0.738. The maximum Gasteiger partial charge on any atom is 0.275 e. The fraction of sp³-hybridized carbons (Fsp3) is 0.368. The van der Waals surface area contributed by atoms with Gasteiger partial charge >= 0.3 is 0 Å². The van der Waals surface area contributed by atoms with Crippen LogP contribution in [0.2, 0.25) is 0 Å². The van der Waals surface area contributed by atoms with E-state index in [2.05, 4.69) is 20.4 Å². The van der Waals surface area contributed by atoms with Crippen LogP contribution in [0.15, 0.2) is 36.9 Å². The molecule has 27 heavy (non-hydrogen) atoms. The lowest BCUT2D eigenvalue weighted by Crippen LogP contribution is -2.20. The predicted molar refractivity (Wildman–Crippen MR) is 97.8 cm³/mol. The lowest BCUT2D eigenvalue weighted by Gasteiger charge is -2.27. The van der Waals surface area contributed by atoms with Crippen molar-refractivity contribution in [3.8, 4) is 0 Å². The van der Waals surface area contributed by atoms with E-state index < -0.39 is 11.7 Å². The molecule has 2 aromatic heterocycles. The molecule has 1 aliphatic carbocycles. The highest BCUT2D eigenvalue weighted by atomic mass is 19.1. The highest BCUT2D eigenvalue weighted by Crippen LogP contribution is 2.33. The van der Waals surface area contributed by atoms with Gasteiger partial charge in [0.1, 0.15) is 11.5 Å². The predicted octanol–water partition coefficient (Wildman–Crippen LogP) is 2.94. The summed E-state index contributed by atoms with van der Waals surface area (Å²) in [4.78, 5) is 19.9. The summed E-state index contributed by atoms with van der Waals surface area (Å²) < 4.78 is 16.3. The number of aromatic nitrogens is 4. The van der Waals surface area contributed by atoms with E-state index in [9.17, 15) is 14.3 Å². The Kier molecular flexibility index (Phi) is 4.81. The Morgan fingerprint density at radius 3 is 2.78 bits per heavy atom. The number of aliphatic hydroxyl groups excluding tert-OH is 1. The van der Waals surface area contributed by atoms with Crippen molar-refractivity contribution in [1.82, 2.24) is 19.7 Å². The first-order valence-electron chi connectivity index (χ1n) is 9.00. The number of anilines is 1. The van der Waals surface area contributed by atoms with Crippen molar-refractivity contribution in [2.24, 2.45) is 5.92 Å². The Labute approximate surface area is 155 Å². The van der Waals surface area contributed by atoms with Gasteiger partial charge in [0.05, 0.1) is 23.4 Å². The minimum Gasteiger partial charge on any atom is -0.396 e. The molecule has 0 radical (unpaired) electrons. The van der Waals surface area contributed by atoms with Crippen LogP contribution in [-0.2, 0) is 0 Å². The summed E-state index contributed by atoms with van der Waals surface area (Å²) in [7, 11) is 0. The van der Waals surface area contributed by atoms with Crippen LogP contribution in [0.25, 0.3) is 10.9 Å². The van der Waals surface area contributed by atoms with Gasteiger partial charge in [-0.1, -0.05) is 0 Å². The fourth-order valence-electron chi connectivity index (χ4n) is 3.54. The second-order valence-corrected chi connectivity index (χ2v) is 6.90. The standard InChI is InChI=1S/C19H20FN5O2/c20-15-8-16-13(7-17(15)23-19(27)18-9-21-5-6-22-18)10-25(24-16)14-3-1-12(11-26)2-4-14/h5-10,12,14,26H,1-4,11H2,(H,23,27). The zero-order valence-corrected chi connectivity index (χ0v) is 14.7. The van der Waals surface area contributed by atoms with E-state index in [1.165, 1.54) is 24.7 Å². The van der Waals surface area contributed by atoms with Crippen molar-refractivity contribution < 1.29 is 14.3 Å². The first-order valence-corrected chi connectivity index (χ1v) is 9.00. The van der Waals surface area contributed by atoms with E-state index in [1.54, 1.807) is 6.07 Å². The molecule has 0 spiro atoms. The molecule has 0 aliphatic heterocycles. The van der Waals surface area contributed by atoms with Crippen LogP contribution >= 0.6 is 0 Å². The summed E-state index contributed by atoms with van der Waals surface area (Å²) in [5.74, 6) is -0.698. The number of amides is 1. The van der Waals surface area contributed by atoms with E-state index in [0.717, 1.165) is 31.1 Å². The van der Waals surface area contributed by atoms with Gasteiger partial charge in [-0.05, 0) is 37.7 Å². The first-order chi connectivity index (χ1) is 13.1. The van der Waals surface area contributed by atoms with Gasteiger partial charge in [-0.2, -0.15) is 5.10 Å². The second kappa shape index (κ2) is 7.40. The van der Waals surface area contributed by atoms with Gasteiger partial charge < -0.3 is 10.4 Å². The number of rotatable bonds is 4. The molecule has 3 aromatic rings. The Hall–Kier alpha value is -2.87. The Balaban J connectivity index is 1.55. The first kappa shape index (κ1) is 17.5. The molecule has 1 aromatic carbocycles. The second-order valence-electron chi connectivity index (χ2n) is 6.90. The molecule has 4 rings (SSSR count). The molecule has 1 saturated carbocycles. The Morgan fingerprint density at radius 1 is 1.26 bits per heavy atom. The molecule has 2 N–H and O–H groups in total. The molecule has 140 valence electrons. The van der Waals surface area contributed by atoms with Crippen molar-refractivity contribution in [2.75, 3.05) is 11.9 Å². The van der Waals surface area contributed by atoms with E-state index in [0.29, 0.717) is 11.4 Å². The fourth-order valence-corrected chi connectivity index (χ4v) is 3.54. The number of carbonyl (C=O) groups excluding carboxylic acids is 1. The summed E-state index contributed by atoms with van der Waals surface area (Å²) in [5, 5.41) is 17.1. The van der Waals surface area contributed by atoms with Crippen molar-refractivity contribution in [1.29, 1.82) is 0 Å². The zero-order chi connectivity index (χ0) is 18.8. The van der Waals surface area contributed by atoms with Gasteiger partial charge in [-0.25, -0.2) is 9.37 Å². The van der Waals surface area contributed by atoms with Gasteiger partial charge in [0, 0.05) is 36.7 Å². The van der Waals surface area contributed by atoms with E-state index >= 15 is 0 Å². The molecule has 0 bridgehead atoms. The average molecular weight is 369 g/mol. The number of fused-ring (bicyclic) bond motifs is 1. The molecule has 7 nitrogen and oxygen atoms in total. The van der Waals surface area contributed by atoms with Crippen LogP contribution in [0.1, 0.15) is 42.2 Å². The molecule has 1 amide bonds. The zero-order valence-electron chi connectivity index (χ0n) is 14.7. The molecule has 0 saturated heterocycles. The maximum absolute atomic E-state index is 14.4. The summed E-state index contributed by atoms with van der Waals surface area (Å²) in [6.07, 6.45) is 9.89. The van der Waals surface area contributed by atoms with Gasteiger partial charge in [-0.15, -0.1) is 0 Å². The largest absolute Gasteiger partial charge is 0.396 e. The topological polar surface area (TPSA) is 92.9 Å². The summed E-state index contributed by atoms with van der Waals surface area (Å²) in [6.45, 7) is 0.230. The van der Waals surface area contributed by atoms with Crippen LogP contribution in [0.5, 0.6) is 0 Å². The number of nitrogens with zero attached hydrogens (tertiary/aromatic N) is 4. The van der Waals surface area contributed by atoms with Crippen molar-refractivity contribution in [3.05, 3.63) is 48.4 Å². The number of halogens is 1. The van der Waals surface area contributed by atoms with Crippen LogP contribution < -0.4 is 5.32 Å². The van der Waals surface area contributed by atoms with Gasteiger partial charge in [0.2, 0.25) is 0 Å². The van der Waals surface area contributed by atoms with Gasteiger partial charge in [0.25, 0.3) is 5.91 Å². The van der Waals surface area contributed by atoms with Crippen molar-refractivity contribution in [3.63, 3.8) is 0 Å². The molecule has 8 heteroatoms. The third-order valence-corrected chi connectivity index (χ3v) is 5.10. The third kappa shape index (κ3) is 3.66. The van der Waals surface area contributed by atoms with Gasteiger partial charge in [-0.3, -0.25) is 14.5 Å². The molecule has 0 atom stereocenters. The number of carbonyl (C=O) groups is 1. The smallest absolute Gasteiger partial charge is 0.275 e. The van der Waals surface area contributed by atoms with E-state index in [-0.39, 0.29) is 24.0 Å². The average Bonchev–Trinajstić information content (AvgIpc) is 3.11. The monoisotopic (exact) mass is 369 g/mol. The summed E-state index contributed by atoms with van der Waals surface area (Å²) >= 11 is 0. The third-order valence-electron chi connectivity index (χ3n) is 5.10. The van der Waals surface area contributed by atoms with Crippen LogP contribution in [-0.4, -0.2) is 37.4 Å². The Morgan fingerprint density at radius 2 is 2.07 bits per heavy atom. The van der Waals surface area contributed by atoms with Crippen LogP contribution in [0.4, 0.5) is 10.1 Å². The molecular weight excluding hydrogens is 349 g/mol. The van der Waals surface area contributed by atoms with Crippen molar-refractivity contribution >= 4 is 22.5 Å². The molecule has 2 heterocycles. The number of nitrogens with one attached hydrogen (secondary N) is 1. The normalized spacial score (nSPS) is 19.9. The molecule has 1 fully saturated rings. The molecule has 0 unspecified atom stereocenters. The van der Waals surface area contributed by atoms with Crippen molar-refractivity contribution in [2.45, 2.75) is 31.7 Å². The number of hydrogen-bond acceptors (Lipinski definition) is 5. The Bertz CT molecular complexity index is 951. The lowest BCUT2D eigenvalue weighted by molar-refractivity contribution is 0.102. The van der Waals surface area contributed by atoms with E-state index in [4.69, 9.17) is 0 Å². The van der Waals surface area contributed by atoms with E-state index in [1.807, 2.05) is 10.9 Å². The van der Waals surface area contributed by atoms with Gasteiger partial charge in [0.15, 0.2) is 0 Å². The number of aliphatic hydroxyl groups is 1. The highest BCUT2D eigenvalue weighted by Gasteiger charge is 2.23. The lowest BCUT2D eigenvalue weighted by atomic mass is 9.87. The highest BCUT2D eigenvalue weighted by molar-refractivity contribution is 6.03.